The van der Waals surface area contributed by atoms with Crippen LogP contribution in [0.5, 0.6) is 11.5 Å². The van der Waals surface area contributed by atoms with Crippen molar-refractivity contribution in [3.05, 3.63) is 23.8 Å². The van der Waals surface area contributed by atoms with Gasteiger partial charge in [0.25, 0.3) is 0 Å². The van der Waals surface area contributed by atoms with Crippen LogP contribution in [0.25, 0.3) is 0 Å². The molecule has 1 unspecified atom stereocenters. The van der Waals surface area contributed by atoms with Crippen molar-refractivity contribution in [2.45, 2.75) is 25.8 Å². The summed E-state index contributed by atoms with van der Waals surface area (Å²) in [4.78, 5) is 0. The first kappa shape index (κ1) is 14.8. The Kier molecular flexibility index (Phi) is 6.54. The van der Waals surface area contributed by atoms with Gasteiger partial charge in [-0.3, -0.25) is 0 Å². The molecule has 102 valence electrons. The molecule has 0 spiro atoms. The van der Waals surface area contributed by atoms with Crippen molar-refractivity contribution in [1.29, 1.82) is 0 Å². The Morgan fingerprint density at radius 3 is 2.61 bits per heavy atom. The smallest absolute Gasteiger partial charge is 0.165 e. The summed E-state index contributed by atoms with van der Waals surface area (Å²) in [5.74, 6) is 1.46. The fourth-order valence-corrected chi connectivity index (χ4v) is 2.00. The third kappa shape index (κ3) is 3.62. The maximum atomic E-state index is 9.18. The average Bonchev–Trinajstić information content (AvgIpc) is 2.42. The summed E-state index contributed by atoms with van der Waals surface area (Å²) in [5, 5.41) is 12.6. The van der Waals surface area contributed by atoms with Gasteiger partial charge >= 0.3 is 0 Å². The maximum Gasteiger partial charge on any atom is 0.165 e. The molecule has 0 saturated carbocycles. The quantitative estimate of drug-likeness (QED) is 0.745. The highest BCUT2D eigenvalue weighted by Crippen LogP contribution is 2.35. The number of ether oxygens (including phenoxy) is 2. The highest BCUT2D eigenvalue weighted by Gasteiger charge is 2.17. The van der Waals surface area contributed by atoms with E-state index in [1.54, 1.807) is 14.2 Å². The minimum Gasteiger partial charge on any atom is -0.493 e. The van der Waals surface area contributed by atoms with E-state index < -0.39 is 0 Å². The van der Waals surface area contributed by atoms with Crippen molar-refractivity contribution in [3.8, 4) is 11.5 Å². The van der Waals surface area contributed by atoms with Crippen LogP contribution >= 0.6 is 0 Å². The van der Waals surface area contributed by atoms with E-state index in [1.807, 2.05) is 18.2 Å². The third-order valence-corrected chi connectivity index (χ3v) is 2.87. The molecule has 2 N–H and O–H groups in total. The van der Waals surface area contributed by atoms with E-state index in [9.17, 15) is 5.11 Å². The number of rotatable bonds is 8. The van der Waals surface area contributed by atoms with E-state index in [4.69, 9.17) is 9.47 Å². The van der Waals surface area contributed by atoms with E-state index in [0.29, 0.717) is 6.42 Å². The molecule has 0 saturated heterocycles. The first-order chi connectivity index (χ1) is 8.78. The second-order valence-electron chi connectivity index (χ2n) is 4.10. The van der Waals surface area contributed by atoms with Gasteiger partial charge in [0.15, 0.2) is 11.5 Å². The molecule has 0 radical (unpaired) electrons. The van der Waals surface area contributed by atoms with Gasteiger partial charge in [0.05, 0.1) is 14.2 Å². The summed E-state index contributed by atoms with van der Waals surface area (Å²) in [7, 11) is 3.26. The molecule has 0 aliphatic heterocycles. The van der Waals surface area contributed by atoms with Crippen molar-refractivity contribution in [2.24, 2.45) is 0 Å². The van der Waals surface area contributed by atoms with Crippen LogP contribution < -0.4 is 14.8 Å². The summed E-state index contributed by atoms with van der Waals surface area (Å²) >= 11 is 0. The molecule has 4 nitrogen and oxygen atoms in total. The molecule has 1 atom stereocenters. The molecule has 0 aliphatic rings. The molecule has 0 amide bonds. The fraction of sp³-hybridized carbons (Fsp3) is 0.571. The molecule has 0 aromatic heterocycles. The van der Waals surface area contributed by atoms with Gasteiger partial charge < -0.3 is 19.9 Å². The molecule has 1 aromatic carbocycles. The SMILES string of the molecule is CCCNC(CCO)c1cccc(OC)c1OC. The Labute approximate surface area is 109 Å². The Balaban J connectivity index is 3.01. The highest BCUT2D eigenvalue weighted by molar-refractivity contribution is 5.48. The van der Waals surface area contributed by atoms with E-state index in [2.05, 4.69) is 12.2 Å². The predicted octanol–water partition coefficient (Wildman–Crippen LogP) is 2.13. The molecule has 0 heterocycles. The second-order valence-corrected chi connectivity index (χ2v) is 4.10. The number of methoxy groups -OCH3 is 2. The normalized spacial score (nSPS) is 12.2. The van der Waals surface area contributed by atoms with Gasteiger partial charge in [-0.15, -0.1) is 0 Å². The number of nitrogens with one attached hydrogen (secondary N) is 1. The van der Waals surface area contributed by atoms with Gasteiger partial charge in [0, 0.05) is 18.2 Å². The lowest BCUT2D eigenvalue weighted by atomic mass is 10.0. The Hall–Kier alpha value is -1.26. The summed E-state index contributed by atoms with van der Waals surface area (Å²) in [5.41, 5.74) is 1.03. The van der Waals surface area contributed by atoms with Gasteiger partial charge in [-0.1, -0.05) is 19.1 Å². The van der Waals surface area contributed by atoms with Gasteiger partial charge in [-0.2, -0.15) is 0 Å². The van der Waals surface area contributed by atoms with Crippen LogP contribution in [0.3, 0.4) is 0 Å². The van der Waals surface area contributed by atoms with E-state index in [-0.39, 0.29) is 12.6 Å². The van der Waals surface area contributed by atoms with Crippen molar-refractivity contribution in [1.82, 2.24) is 5.32 Å². The van der Waals surface area contributed by atoms with Crippen molar-refractivity contribution in [2.75, 3.05) is 27.4 Å². The molecule has 4 heteroatoms. The molecule has 0 aliphatic carbocycles. The summed E-state index contributed by atoms with van der Waals surface area (Å²) in [6.07, 6.45) is 1.71. The first-order valence-corrected chi connectivity index (χ1v) is 6.33. The van der Waals surface area contributed by atoms with Gasteiger partial charge in [-0.25, -0.2) is 0 Å². The van der Waals surface area contributed by atoms with Crippen LogP contribution in [0.1, 0.15) is 31.4 Å². The molecule has 0 bridgehead atoms. The number of para-hydroxylation sites is 1. The Morgan fingerprint density at radius 2 is 2.06 bits per heavy atom. The first-order valence-electron chi connectivity index (χ1n) is 6.33. The number of hydrogen-bond donors (Lipinski definition) is 2. The zero-order valence-electron chi connectivity index (χ0n) is 11.4. The molecule has 1 rings (SSSR count). The van der Waals surface area contributed by atoms with Crippen LogP contribution in [0, 0.1) is 0 Å². The lowest BCUT2D eigenvalue weighted by Gasteiger charge is -2.21. The van der Waals surface area contributed by atoms with Gasteiger partial charge in [-0.05, 0) is 25.5 Å². The molecular formula is C14H23NO3. The monoisotopic (exact) mass is 253 g/mol. The van der Waals surface area contributed by atoms with Crippen LogP contribution in [-0.4, -0.2) is 32.5 Å². The molecule has 18 heavy (non-hydrogen) atoms. The number of hydrogen-bond acceptors (Lipinski definition) is 4. The average molecular weight is 253 g/mol. The Morgan fingerprint density at radius 1 is 1.28 bits per heavy atom. The molecule has 0 fully saturated rings. The minimum atomic E-state index is 0.0833. The number of benzene rings is 1. The van der Waals surface area contributed by atoms with Crippen LogP contribution in [0.4, 0.5) is 0 Å². The molecular weight excluding hydrogens is 230 g/mol. The van der Waals surface area contributed by atoms with Gasteiger partial charge in [0.2, 0.25) is 0 Å². The minimum absolute atomic E-state index is 0.0833. The summed E-state index contributed by atoms with van der Waals surface area (Å²) in [6, 6.07) is 5.90. The van der Waals surface area contributed by atoms with Crippen molar-refractivity contribution < 1.29 is 14.6 Å². The van der Waals surface area contributed by atoms with Crippen LogP contribution in [0.2, 0.25) is 0 Å². The summed E-state index contributed by atoms with van der Waals surface area (Å²) < 4.78 is 10.7. The van der Waals surface area contributed by atoms with E-state index in [1.165, 1.54) is 0 Å². The third-order valence-electron chi connectivity index (χ3n) is 2.87. The number of aliphatic hydroxyl groups is 1. The highest BCUT2D eigenvalue weighted by atomic mass is 16.5. The van der Waals surface area contributed by atoms with E-state index >= 15 is 0 Å². The lowest BCUT2D eigenvalue weighted by molar-refractivity contribution is 0.262. The van der Waals surface area contributed by atoms with Crippen LogP contribution in [0.15, 0.2) is 18.2 Å². The second kappa shape index (κ2) is 7.95. The Bertz CT molecular complexity index is 355. The van der Waals surface area contributed by atoms with E-state index in [0.717, 1.165) is 30.0 Å². The zero-order chi connectivity index (χ0) is 13.4. The topological polar surface area (TPSA) is 50.7 Å². The lowest BCUT2D eigenvalue weighted by Crippen LogP contribution is -2.23. The van der Waals surface area contributed by atoms with Crippen molar-refractivity contribution >= 4 is 0 Å². The maximum absolute atomic E-state index is 9.18. The largest absolute Gasteiger partial charge is 0.493 e. The standard InChI is InChI=1S/C14H23NO3/c1-4-9-15-12(8-10-16)11-6-5-7-13(17-2)14(11)18-3/h5-7,12,15-16H,4,8-10H2,1-3H3. The number of aliphatic hydroxyl groups excluding tert-OH is 1. The molecule has 1 aromatic rings. The van der Waals surface area contributed by atoms with Crippen molar-refractivity contribution in [3.63, 3.8) is 0 Å². The fourth-order valence-electron chi connectivity index (χ4n) is 2.00. The zero-order valence-corrected chi connectivity index (χ0v) is 11.4. The summed E-state index contributed by atoms with van der Waals surface area (Å²) in [6.45, 7) is 3.17. The predicted molar refractivity (Wildman–Crippen MR) is 72.3 cm³/mol. The van der Waals surface area contributed by atoms with Crippen LogP contribution in [-0.2, 0) is 0 Å². The van der Waals surface area contributed by atoms with Gasteiger partial charge in [0.1, 0.15) is 0 Å².